The summed E-state index contributed by atoms with van der Waals surface area (Å²) in [5.41, 5.74) is 0. The number of hydrogen-bond donors (Lipinski definition) is 2. The summed E-state index contributed by atoms with van der Waals surface area (Å²) in [6, 6.07) is -0.449. The normalized spacial score (nSPS) is 11.9. The van der Waals surface area contributed by atoms with E-state index < -0.39 is 17.9 Å². The van der Waals surface area contributed by atoms with Crippen molar-refractivity contribution in [1.29, 1.82) is 0 Å². The second-order valence-electron chi connectivity index (χ2n) is 5.49. The number of aliphatic carboxylic acids is 1. The number of nitrogens with one attached hydrogen (secondary N) is 1. The van der Waals surface area contributed by atoms with Crippen molar-refractivity contribution in [1.82, 2.24) is 15.1 Å². The highest BCUT2D eigenvalue weighted by molar-refractivity contribution is 5.83. The van der Waals surface area contributed by atoms with Crippen LogP contribution in [0.2, 0.25) is 0 Å². The van der Waals surface area contributed by atoms with E-state index in [1.807, 2.05) is 13.8 Å². The molecule has 0 spiro atoms. The average molecular weight is 287 g/mol. The Morgan fingerprint density at radius 2 is 1.70 bits per heavy atom. The van der Waals surface area contributed by atoms with Gasteiger partial charge in [0.1, 0.15) is 6.54 Å². The fraction of sp³-hybridized carbons (Fsp3) is 0.769. The number of nitrogens with zero attached hydrogens (tertiary/aromatic N) is 2. The Morgan fingerprint density at radius 3 is 2.10 bits per heavy atom. The topological polar surface area (TPSA) is 90.0 Å². The lowest BCUT2D eigenvalue weighted by atomic mass is 9.97. The van der Waals surface area contributed by atoms with Gasteiger partial charge in [0, 0.05) is 27.7 Å². The SMILES string of the molecule is CC(C)CC(CNC(=O)N(C)CC(=O)N(C)C)C(=O)O. The monoisotopic (exact) mass is 287 g/mol. The average Bonchev–Trinajstić information content (AvgIpc) is 2.32. The Balaban J connectivity index is 4.31. The molecule has 7 nitrogen and oxygen atoms in total. The first-order valence-corrected chi connectivity index (χ1v) is 6.57. The largest absolute Gasteiger partial charge is 0.481 e. The minimum atomic E-state index is -0.925. The summed E-state index contributed by atoms with van der Waals surface area (Å²) < 4.78 is 0. The van der Waals surface area contributed by atoms with Crippen LogP contribution in [0.3, 0.4) is 0 Å². The third kappa shape index (κ3) is 6.96. The first-order valence-electron chi connectivity index (χ1n) is 6.57. The molecule has 20 heavy (non-hydrogen) atoms. The maximum Gasteiger partial charge on any atom is 0.317 e. The quantitative estimate of drug-likeness (QED) is 0.712. The first kappa shape index (κ1) is 18.2. The number of rotatable bonds is 7. The standard InChI is InChI=1S/C13H25N3O4/c1-9(2)6-10(12(18)19)7-14-13(20)16(5)8-11(17)15(3)4/h9-10H,6-8H2,1-5H3,(H,14,20)(H,18,19). The Kier molecular flexibility index (Phi) is 7.64. The highest BCUT2D eigenvalue weighted by atomic mass is 16.4. The van der Waals surface area contributed by atoms with Crippen LogP contribution in [-0.2, 0) is 9.59 Å². The lowest BCUT2D eigenvalue weighted by Crippen LogP contribution is -2.45. The van der Waals surface area contributed by atoms with Crippen LogP contribution in [0.5, 0.6) is 0 Å². The van der Waals surface area contributed by atoms with Crippen molar-refractivity contribution in [2.45, 2.75) is 20.3 Å². The molecule has 1 atom stereocenters. The molecule has 0 aromatic rings. The molecule has 0 bridgehead atoms. The maximum atomic E-state index is 11.8. The molecule has 0 rings (SSSR count). The second-order valence-corrected chi connectivity index (χ2v) is 5.49. The lowest BCUT2D eigenvalue weighted by molar-refractivity contribution is -0.142. The molecule has 0 aromatic carbocycles. The molecule has 0 fully saturated rings. The number of hydrogen-bond acceptors (Lipinski definition) is 3. The van der Waals surface area contributed by atoms with Crippen molar-refractivity contribution >= 4 is 17.9 Å². The Morgan fingerprint density at radius 1 is 1.15 bits per heavy atom. The van der Waals surface area contributed by atoms with Gasteiger partial charge in [-0.3, -0.25) is 9.59 Å². The molecular weight excluding hydrogens is 262 g/mol. The fourth-order valence-corrected chi connectivity index (χ4v) is 1.60. The zero-order valence-electron chi connectivity index (χ0n) is 12.8. The minimum Gasteiger partial charge on any atom is -0.481 e. The van der Waals surface area contributed by atoms with Gasteiger partial charge in [-0.1, -0.05) is 13.8 Å². The van der Waals surface area contributed by atoms with E-state index in [9.17, 15) is 14.4 Å². The van der Waals surface area contributed by atoms with Gasteiger partial charge in [-0.05, 0) is 12.3 Å². The van der Waals surface area contributed by atoms with E-state index in [4.69, 9.17) is 5.11 Å². The van der Waals surface area contributed by atoms with Gasteiger partial charge in [-0.15, -0.1) is 0 Å². The van der Waals surface area contributed by atoms with Crippen LogP contribution >= 0.6 is 0 Å². The van der Waals surface area contributed by atoms with Crippen LogP contribution < -0.4 is 5.32 Å². The molecule has 7 heteroatoms. The second kappa shape index (κ2) is 8.39. The first-order chi connectivity index (χ1) is 9.15. The van der Waals surface area contributed by atoms with E-state index in [1.54, 1.807) is 14.1 Å². The zero-order chi connectivity index (χ0) is 15.9. The lowest BCUT2D eigenvalue weighted by Gasteiger charge is -2.21. The Bertz CT molecular complexity index is 356. The van der Waals surface area contributed by atoms with Crippen LogP contribution in [0.4, 0.5) is 4.79 Å². The van der Waals surface area contributed by atoms with Crippen molar-refractivity contribution in [2.75, 3.05) is 34.2 Å². The number of carboxylic acids is 1. The van der Waals surface area contributed by atoms with Gasteiger partial charge in [0.2, 0.25) is 5.91 Å². The zero-order valence-corrected chi connectivity index (χ0v) is 12.8. The third-order valence-electron chi connectivity index (χ3n) is 2.82. The van der Waals surface area contributed by atoms with Gasteiger partial charge in [0.25, 0.3) is 0 Å². The summed E-state index contributed by atoms with van der Waals surface area (Å²) in [4.78, 5) is 36.9. The molecule has 0 radical (unpaired) electrons. The molecular formula is C13H25N3O4. The van der Waals surface area contributed by atoms with Gasteiger partial charge in [-0.25, -0.2) is 4.79 Å². The van der Waals surface area contributed by atoms with Crippen molar-refractivity contribution in [3.8, 4) is 0 Å². The highest BCUT2D eigenvalue weighted by Crippen LogP contribution is 2.11. The molecule has 116 valence electrons. The van der Waals surface area contributed by atoms with Crippen LogP contribution in [0.1, 0.15) is 20.3 Å². The van der Waals surface area contributed by atoms with Crippen molar-refractivity contribution in [2.24, 2.45) is 11.8 Å². The summed E-state index contributed by atoms with van der Waals surface area (Å²) in [7, 11) is 4.71. The van der Waals surface area contributed by atoms with Gasteiger partial charge < -0.3 is 20.2 Å². The molecule has 0 aliphatic carbocycles. The molecule has 2 N–H and O–H groups in total. The molecule has 0 aliphatic rings. The predicted octanol–water partition coefficient (Wildman–Crippen LogP) is 0.463. The number of carboxylic acid groups (broad SMARTS) is 1. The van der Waals surface area contributed by atoms with Crippen LogP contribution in [0, 0.1) is 11.8 Å². The summed E-state index contributed by atoms with van der Waals surface area (Å²) in [5, 5.41) is 11.6. The van der Waals surface area contributed by atoms with Crippen LogP contribution in [0.25, 0.3) is 0 Å². The van der Waals surface area contributed by atoms with E-state index in [0.29, 0.717) is 6.42 Å². The molecule has 0 saturated heterocycles. The highest BCUT2D eigenvalue weighted by Gasteiger charge is 2.21. The van der Waals surface area contributed by atoms with E-state index in [-0.39, 0.29) is 24.9 Å². The number of carbonyl (C=O) groups is 3. The van der Waals surface area contributed by atoms with Crippen LogP contribution in [-0.4, -0.2) is 67.0 Å². The molecule has 1 unspecified atom stereocenters. The van der Waals surface area contributed by atoms with E-state index in [2.05, 4.69) is 5.32 Å². The minimum absolute atomic E-state index is 0.0409. The van der Waals surface area contributed by atoms with Crippen LogP contribution in [0.15, 0.2) is 0 Å². The van der Waals surface area contributed by atoms with Gasteiger partial charge in [0.15, 0.2) is 0 Å². The van der Waals surface area contributed by atoms with Crippen molar-refractivity contribution in [3.63, 3.8) is 0 Å². The summed E-state index contributed by atoms with van der Waals surface area (Å²) in [6.45, 7) is 3.88. The number of urea groups is 1. The van der Waals surface area contributed by atoms with E-state index >= 15 is 0 Å². The number of likely N-dealkylation sites (N-methyl/N-ethyl adjacent to an activating group) is 2. The molecule has 0 aliphatic heterocycles. The summed E-state index contributed by atoms with van der Waals surface area (Å²) in [5.74, 6) is -1.50. The number of carbonyl (C=O) groups excluding carboxylic acids is 2. The van der Waals surface area contributed by atoms with E-state index in [1.165, 1.54) is 16.8 Å². The van der Waals surface area contributed by atoms with Gasteiger partial charge >= 0.3 is 12.0 Å². The van der Waals surface area contributed by atoms with Gasteiger partial charge in [-0.2, -0.15) is 0 Å². The Hall–Kier alpha value is -1.79. The fourth-order valence-electron chi connectivity index (χ4n) is 1.60. The molecule has 0 saturated carbocycles. The predicted molar refractivity (Wildman–Crippen MR) is 75.3 cm³/mol. The summed E-state index contributed by atoms with van der Waals surface area (Å²) in [6.07, 6.45) is 0.496. The molecule has 3 amide bonds. The smallest absolute Gasteiger partial charge is 0.317 e. The van der Waals surface area contributed by atoms with E-state index in [0.717, 1.165) is 0 Å². The summed E-state index contributed by atoms with van der Waals surface area (Å²) >= 11 is 0. The molecule has 0 heterocycles. The number of amides is 3. The third-order valence-corrected chi connectivity index (χ3v) is 2.82. The maximum absolute atomic E-state index is 11.8. The van der Waals surface area contributed by atoms with Crippen molar-refractivity contribution < 1.29 is 19.5 Å². The van der Waals surface area contributed by atoms with Crippen molar-refractivity contribution in [3.05, 3.63) is 0 Å². The molecule has 0 aromatic heterocycles. The Labute approximate surface area is 119 Å². The van der Waals surface area contributed by atoms with Gasteiger partial charge in [0.05, 0.1) is 5.92 Å².